The lowest BCUT2D eigenvalue weighted by molar-refractivity contribution is 0.670. The summed E-state index contributed by atoms with van der Waals surface area (Å²) in [6, 6.07) is 20.1. The number of halogens is 1. The molecule has 3 aromatic carbocycles. The third kappa shape index (κ3) is 1.93. The molecule has 0 fully saturated rings. The maximum atomic E-state index is 6.09. The molecule has 0 unspecified atom stereocenters. The van der Waals surface area contributed by atoms with Crippen molar-refractivity contribution in [2.75, 3.05) is 5.73 Å². The van der Waals surface area contributed by atoms with Gasteiger partial charge in [0.05, 0.1) is 0 Å². The highest BCUT2D eigenvalue weighted by Gasteiger charge is 2.14. The largest absolute Gasteiger partial charge is 0.455 e. The molecule has 0 spiro atoms. The van der Waals surface area contributed by atoms with Crippen LogP contribution >= 0.6 is 15.9 Å². The van der Waals surface area contributed by atoms with Crippen molar-refractivity contribution in [2.45, 2.75) is 0 Å². The Balaban J connectivity index is 2.11. The summed E-state index contributed by atoms with van der Waals surface area (Å²) in [5.74, 6) is 0. The molecule has 0 aliphatic heterocycles. The first-order valence-corrected chi connectivity index (χ1v) is 7.49. The van der Waals surface area contributed by atoms with Crippen molar-refractivity contribution in [2.24, 2.45) is 0 Å². The predicted molar refractivity (Wildman–Crippen MR) is 91.3 cm³/mol. The predicted octanol–water partition coefficient (Wildman–Crippen LogP) is 5.60. The molecule has 0 saturated carbocycles. The Morgan fingerprint density at radius 3 is 2.43 bits per heavy atom. The van der Waals surface area contributed by atoms with E-state index >= 15 is 0 Å². The van der Waals surface area contributed by atoms with E-state index in [1.54, 1.807) is 0 Å². The summed E-state index contributed by atoms with van der Waals surface area (Å²) in [6.45, 7) is 0. The Morgan fingerprint density at radius 1 is 0.857 bits per heavy atom. The minimum absolute atomic E-state index is 0.761. The highest BCUT2D eigenvalue weighted by molar-refractivity contribution is 9.10. The van der Waals surface area contributed by atoms with Crippen LogP contribution in [0.5, 0.6) is 0 Å². The summed E-state index contributed by atoms with van der Waals surface area (Å²) in [5.41, 5.74) is 10.5. The maximum absolute atomic E-state index is 6.09. The summed E-state index contributed by atoms with van der Waals surface area (Å²) in [7, 11) is 0. The standard InChI is InChI=1S/C18H12BrNO/c19-15-10-9-13(11-5-7-12(20)8-6-11)18-17(15)14-3-1-2-4-16(14)21-18/h1-10H,20H2. The van der Waals surface area contributed by atoms with Crippen LogP contribution in [0, 0.1) is 0 Å². The second-order valence-electron chi connectivity index (χ2n) is 5.02. The summed E-state index contributed by atoms with van der Waals surface area (Å²) in [5, 5.41) is 2.23. The molecule has 1 aromatic heterocycles. The van der Waals surface area contributed by atoms with E-state index in [-0.39, 0.29) is 0 Å². The molecule has 0 bridgehead atoms. The minimum atomic E-state index is 0.761. The molecular weight excluding hydrogens is 326 g/mol. The van der Waals surface area contributed by atoms with Crippen molar-refractivity contribution in [1.82, 2.24) is 0 Å². The van der Waals surface area contributed by atoms with Gasteiger partial charge in [0.25, 0.3) is 0 Å². The number of rotatable bonds is 1. The first kappa shape index (κ1) is 12.5. The molecule has 0 amide bonds. The molecule has 4 aromatic rings. The fourth-order valence-electron chi connectivity index (χ4n) is 2.68. The van der Waals surface area contributed by atoms with Crippen molar-refractivity contribution in [3.8, 4) is 11.1 Å². The quantitative estimate of drug-likeness (QED) is 0.459. The van der Waals surface area contributed by atoms with E-state index in [4.69, 9.17) is 10.2 Å². The zero-order valence-corrected chi connectivity index (χ0v) is 12.7. The smallest absolute Gasteiger partial charge is 0.144 e. The van der Waals surface area contributed by atoms with Gasteiger partial charge in [-0.25, -0.2) is 0 Å². The number of para-hydroxylation sites is 1. The van der Waals surface area contributed by atoms with Crippen molar-refractivity contribution in [1.29, 1.82) is 0 Å². The number of furan rings is 1. The lowest BCUT2D eigenvalue weighted by Crippen LogP contribution is -1.84. The van der Waals surface area contributed by atoms with Gasteiger partial charge >= 0.3 is 0 Å². The van der Waals surface area contributed by atoms with Gasteiger partial charge < -0.3 is 10.2 Å². The van der Waals surface area contributed by atoms with E-state index in [1.807, 2.05) is 42.5 Å². The summed E-state index contributed by atoms with van der Waals surface area (Å²) in [4.78, 5) is 0. The monoisotopic (exact) mass is 337 g/mol. The molecule has 4 rings (SSSR count). The number of benzene rings is 3. The van der Waals surface area contributed by atoms with Crippen LogP contribution < -0.4 is 5.73 Å². The molecule has 2 N–H and O–H groups in total. The van der Waals surface area contributed by atoms with Crippen molar-refractivity contribution in [3.63, 3.8) is 0 Å². The highest BCUT2D eigenvalue weighted by Crippen LogP contribution is 2.39. The van der Waals surface area contributed by atoms with Gasteiger partial charge in [-0.2, -0.15) is 0 Å². The molecule has 0 radical (unpaired) electrons. The molecule has 3 heteroatoms. The lowest BCUT2D eigenvalue weighted by atomic mass is 10.0. The normalized spacial score (nSPS) is 11.3. The van der Waals surface area contributed by atoms with Gasteiger partial charge in [-0.1, -0.05) is 46.3 Å². The van der Waals surface area contributed by atoms with E-state index in [0.29, 0.717) is 0 Å². The van der Waals surface area contributed by atoms with Crippen LogP contribution in [0.3, 0.4) is 0 Å². The van der Waals surface area contributed by atoms with E-state index in [0.717, 1.165) is 43.2 Å². The zero-order valence-electron chi connectivity index (χ0n) is 11.1. The first-order chi connectivity index (χ1) is 10.2. The zero-order chi connectivity index (χ0) is 14.4. The van der Waals surface area contributed by atoms with Crippen LogP contribution in [0.4, 0.5) is 5.69 Å². The maximum Gasteiger partial charge on any atom is 0.144 e. The summed E-state index contributed by atoms with van der Waals surface area (Å²) in [6.07, 6.45) is 0. The van der Waals surface area contributed by atoms with Gasteiger partial charge in [0.1, 0.15) is 11.2 Å². The fourth-order valence-corrected chi connectivity index (χ4v) is 3.20. The van der Waals surface area contributed by atoms with Gasteiger partial charge in [-0.3, -0.25) is 0 Å². The number of fused-ring (bicyclic) bond motifs is 3. The van der Waals surface area contributed by atoms with E-state index in [2.05, 4.69) is 34.1 Å². The van der Waals surface area contributed by atoms with Crippen LogP contribution in [-0.4, -0.2) is 0 Å². The molecule has 0 aliphatic rings. The SMILES string of the molecule is Nc1ccc(-c2ccc(Br)c3c2oc2ccccc23)cc1. The Hall–Kier alpha value is -2.26. The Morgan fingerprint density at radius 2 is 1.62 bits per heavy atom. The molecule has 2 nitrogen and oxygen atoms in total. The van der Waals surface area contributed by atoms with Crippen LogP contribution in [0.1, 0.15) is 0 Å². The fraction of sp³-hybridized carbons (Fsp3) is 0. The molecule has 1 heterocycles. The summed E-state index contributed by atoms with van der Waals surface area (Å²) >= 11 is 3.64. The van der Waals surface area contributed by atoms with Crippen LogP contribution in [0.15, 0.2) is 69.6 Å². The van der Waals surface area contributed by atoms with Gasteiger partial charge in [-0.05, 0) is 35.9 Å². The Kier molecular flexibility index (Phi) is 2.76. The van der Waals surface area contributed by atoms with Crippen LogP contribution in [0.25, 0.3) is 33.1 Å². The molecule has 0 aliphatic carbocycles. The van der Waals surface area contributed by atoms with Crippen molar-refractivity contribution < 1.29 is 4.42 Å². The van der Waals surface area contributed by atoms with Gasteiger partial charge in [0, 0.05) is 26.5 Å². The van der Waals surface area contributed by atoms with Gasteiger partial charge in [-0.15, -0.1) is 0 Å². The number of anilines is 1. The second kappa shape index (κ2) is 4.64. The van der Waals surface area contributed by atoms with E-state index in [1.165, 1.54) is 0 Å². The average Bonchev–Trinajstić information content (AvgIpc) is 2.89. The third-order valence-corrected chi connectivity index (χ3v) is 4.36. The Bertz CT molecular complexity index is 954. The second-order valence-corrected chi connectivity index (χ2v) is 5.87. The third-order valence-electron chi connectivity index (χ3n) is 3.70. The molecule has 21 heavy (non-hydrogen) atoms. The number of hydrogen-bond acceptors (Lipinski definition) is 2. The topological polar surface area (TPSA) is 39.2 Å². The van der Waals surface area contributed by atoms with Gasteiger partial charge in [0.15, 0.2) is 0 Å². The lowest BCUT2D eigenvalue weighted by Gasteiger charge is -2.04. The van der Waals surface area contributed by atoms with Crippen molar-refractivity contribution >= 4 is 43.6 Å². The van der Waals surface area contributed by atoms with E-state index in [9.17, 15) is 0 Å². The Labute approximate surface area is 130 Å². The molecule has 0 saturated heterocycles. The number of hydrogen-bond donors (Lipinski definition) is 1. The number of nitrogen functional groups attached to an aromatic ring is 1. The molecule has 0 atom stereocenters. The molecule has 102 valence electrons. The highest BCUT2D eigenvalue weighted by atomic mass is 79.9. The first-order valence-electron chi connectivity index (χ1n) is 6.70. The van der Waals surface area contributed by atoms with Crippen LogP contribution in [0.2, 0.25) is 0 Å². The summed E-state index contributed by atoms with van der Waals surface area (Å²) < 4.78 is 7.13. The molecular formula is C18H12BrNO. The van der Waals surface area contributed by atoms with Crippen molar-refractivity contribution in [3.05, 3.63) is 65.1 Å². The minimum Gasteiger partial charge on any atom is -0.455 e. The van der Waals surface area contributed by atoms with Crippen LogP contribution in [-0.2, 0) is 0 Å². The van der Waals surface area contributed by atoms with Gasteiger partial charge in [0.2, 0.25) is 0 Å². The average molecular weight is 338 g/mol. The van der Waals surface area contributed by atoms with E-state index < -0.39 is 0 Å². The number of nitrogens with two attached hydrogens (primary N) is 1.